The van der Waals surface area contributed by atoms with Crippen LogP contribution in [-0.2, 0) is 11.4 Å². The van der Waals surface area contributed by atoms with Crippen LogP contribution in [0.2, 0.25) is 0 Å². The lowest BCUT2D eigenvalue weighted by atomic mass is 9.94. The minimum Gasteiger partial charge on any atom is -0.489 e. The van der Waals surface area contributed by atoms with Gasteiger partial charge < -0.3 is 15.4 Å². The molecule has 1 aromatic heterocycles. The molecular formula is C27H25N5O2. The molecule has 5 rings (SSSR count). The summed E-state index contributed by atoms with van der Waals surface area (Å²) in [6.07, 6.45) is 1.48. The standard InChI is InChI=1S/C27H25N5O2/c1-18-12-14-20(15-13-18)16-34-23-11-7-6-10-22(23)25-24(19(2)30-27-28-17-29-32(25)27)26(33)31-21-8-4-3-5-9-21/h3-15,17,25H,16H2,1-2H3,(H,31,33)(H,28,29,30). The van der Waals surface area contributed by atoms with Gasteiger partial charge in [0.05, 0.1) is 5.57 Å². The van der Waals surface area contributed by atoms with E-state index in [2.05, 4.69) is 51.9 Å². The second kappa shape index (κ2) is 9.23. The predicted molar refractivity (Wildman–Crippen MR) is 132 cm³/mol. The molecule has 0 spiro atoms. The van der Waals surface area contributed by atoms with E-state index >= 15 is 0 Å². The van der Waals surface area contributed by atoms with Crippen LogP contribution >= 0.6 is 0 Å². The molecule has 1 atom stereocenters. The molecule has 0 radical (unpaired) electrons. The molecule has 2 heterocycles. The van der Waals surface area contributed by atoms with Crippen molar-refractivity contribution in [1.82, 2.24) is 14.8 Å². The number of benzene rings is 3. The maximum Gasteiger partial charge on any atom is 0.255 e. The molecule has 34 heavy (non-hydrogen) atoms. The molecule has 1 aliphatic rings. The minimum absolute atomic E-state index is 0.212. The lowest BCUT2D eigenvalue weighted by Crippen LogP contribution is -2.31. The second-order valence-corrected chi connectivity index (χ2v) is 8.23. The Morgan fingerprint density at radius 1 is 1.00 bits per heavy atom. The Labute approximate surface area is 198 Å². The lowest BCUT2D eigenvalue weighted by molar-refractivity contribution is -0.113. The fourth-order valence-corrected chi connectivity index (χ4v) is 4.08. The molecular weight excluding hydrogens is 426 g/mol. The number of rotatable bonds is 6. The molecule has 1 unspecified atom stereocenters. The summed E-state index contributed by atoms with van der Waals surface area (Å²) >= 11 is 0. The Bertz CT molecular complexity index is 1340. The molecule has 7 heteroatoms. The van der Waals surface area contributed by atoms with E-state index < -0.39 is 6.04 Å². The first kappa shape index (κ1) is 21.5. The average Bonchev–Trinajstić information content (AvgIpc) is 3.32. The van der Waals surface area contributed by atoms with Crippen LogP contribution in [0.15, 0.2) is 96.5 Å². The second-order valence-electron chi connectivity index (χ2n) is 8.23. The third-order valence-electron chi connectivity index (χ3n) is 5.80. The highest BCUT2D eigenvalue weighted by Crippen LogP contribution is 2.39. The molecule has 0 saturated heterocycles. The number of allylic oxidation sites excluding steroid dienone is 1. The molecule has 1 aliphatic heterocycles. The van der Waals surface area contributed by atoms with Gasteiger partial charge in [-0.05, 0) is 37.6 Å². The van der Waals surface area contributed by atoms with E-state index in [0.717, 1.165) is 16.8 Å². The summed E-state index contributed by atoms with van der Waals surface area (Å²) in [6, 6.07) is 24.9. The number of amides is 1. The predicted octanol–water partition coefficient (Wildman–Crippen LogP) is 5.09. The van der Waals surface area contributed by atoms with Crippen LogP contribution in [0.3, 0.4) is 0 Å². The number of fused-ring (bicyclic) bond motifs is 1. The summed E-state index contributed by atoms with van der Waals surface area (Å²) in [6.45, 7) is 4.35. The van der Waals surface area contributed by atoms with E-state index in [1.165, 1.54) is 11.9 Å². The van der Waals surface area contributed by atoms with Gasteiger partial charge in [0.15, 0.2) is 0 Å². The largest absolute Gasteiger partial charge is 0.489 e. The smallest absolute Gasteiger partial charge is 0.255 e. The van der Waals surface area contributed by atoms with E-state index in [1.807, 2.05) is 61.5 Å². The van der Waals surface area contributed by atoms with Crippen LogP contribution in [-0.4, -0.2) is 20.7 Å². The van der Waals surface area contributed by atoms with Gasteiger partial charge in [0.1, 0.15) is 24.7 Å². The summed E-state index contributed by atoms with van der Waals surface area (Å²) in [5, 5.41) is 10.6. The van der Waals surface area contributed by atoms with Crippen LogP contribution in [0.25, 0.3) is 0 Å². The van der Waals surface area contributed by atoms with Gasteiger partial charge in [-0.2, -0.15) is 10.1 Å². The zero-order valence-corrected chi connectivity index (χ0v) is 19.0. The van der Waals surface area contributed by atoms with Gasteiger partial charge in [0.25, 0.3) is 5.91 Å². The Morgan fingerprint density at radius 3 is 2.53 bits per heavy atom. The van der Waals surface area contributed by atoms with Crippen molar-refractivity contribution in [2.45, 2.75) is 26.5 Å². The van der Waals surface area contributed by atoms with Crippen molar-refractivity contribution < 1.29 is 9.53 Å². The van der Waals surface area contributed by atoms with E-state index in [-0.39, 0.29) is 5.91 Å². The van der Waals surface area contributed by atoms with Crippen LogP contribution in [0.5, 0.6) is 5.75 Å². The summed E-state index contributed by atoms with van der Waals surface area (Å²) in [5.41, 5.74) is 5.09. The van der Waals surface area contributed by atoms with E-state index in [1.54, 1.807) is 4.68 Å². The molecule has 1 amide bonds. The number of carbonyl (C=O) groups excluding carboxylic acids is 1. The van der Waals surface area contributed by atoms with Crippen LogP contribution in [0.4, 0.5) is 11.6 Å². The maximum absolute atomic E-state index is 13.5. The highest BCUT2D eigenvalue weighted by Gasteiger charge is 2.35. The number of ether oxygens (including phenoxy) is 1. The number of para-hydroxylation sites is 2. The Balaban J connectivity index is 1.51. The first-order valence-corrected chi connectivity index (χ1v) is 11.1. The molecule has 170 valence electrons. The first-order chi connectivity index (χ1) is 16.6. The van der Waals surface area contributed by atoms with Crippen molar-refractivity contribution in [3.8, 4) is 5.75 Å². The van der Waals surface area contributed by atoms with Crippen molar-refractivity contribution in [3.05, 3.63) is 113 Å². The third kappa shape index (κ3) is 4.28. The Hall–Kier alpha value is -4.39. The number of anilines is 2. The fourth-order valence-electron chi connectivity index (χ4n) is 4.08. The summed E-state index contributed by atoms with van der Waals surface area (Å²) in [5.74, 6) is 1.05. The Morgan fingerprint density at radius 2 is 1.74 bits per heavy atom. The SMILES string of the molecule is CC1=C(C(=O)Nc2ccccc2)C(c2ccccc2OCc2ccc(C)cc2)n2ncnc2N1. The summed E-state index contributed by atoms with van der Waals surface area (Å²) < 4.78 is 7.98. The van der Waals surface area contributed by atoms with Crippen molar-refractivity contribution in [2.75, 3.05) is 10.6 Å². The molecule has 7 nitrogen and oxygen atoms in total. The number of nitrogens with one attached hydrogen (secondary N) is 2. The number of carbonyl (C=O) groups is 1. The fraction of sp³-hybridized carbons (Fsp3) is 0.148. The molecule has 0 saturated carbocycles. The normalized spacial score (nSPS) is 14.8. The molecule has 2 N–H and O–H groups in total. The lowest BCUT2D eigenvalue weighted by Gasteiger charge is -2.29. The quantitative estimate of drug-likeness (QED) is 0.427. The van der Waals surface area contributed by atoms with Crippen molar-refractivity contribution in [1.29, 1.82) is 0 Å². The number of aryl methyl sites for hydroxylation is 1. The number of nitrogens with zero attached hydrogens (tertiary/aromatic N) is 3. The highest BCUT2D eigenvalue weighted by molar-refractivity contribution is 6.06. The number of hydrogen-bond donors (Lipinski definition) is 2. The zero-order chi connectivity index (χ0) is 23.5. The van der Waals surface area contributed by atoms with Gasteiger partial charge >= 0.3 is 0 Å². The Kier molecular flexibility index (Phi) is 5.82. The zero-order valence-electron chi connectivity index (χ0n) is 19.0. The molecule has 4 aromatic rings. The summed E-state index contributed by atoms with van der Waals surface area (Å²) in [7, 11) is 0. The summed E-state index contributed by atoms with van der Waals surface area (Å²) in [4.78, 5) is 17.8. The van der Waals surface area contributed by atoms with Gasteiger partial charge in [0.2, 0.25) is 5.95 Å². The maximum atomic E-state index is 13.5. The van der Waals surface area contributed by atoms with Crippen LogP contribution in [0, 0.1) is 6.92 Å². The van der Waals surface area contributed by atoms with Gasteiger partial charge in [-0.3, -0.25) is 4.79 Å². The monoisotopic (exact) mass is 451 g/mol. The van der Waals surface area contributed by atoms with E-state index in [4.69, 9.17) is 4.74 Å². The van der Waals surface area contributed by atoms with Gasteiger partial charge in [-0.15, -0.1) is 0 Å². The third-order valence-corrected chi connectivity index (χ3v) is 5.80. The van der Waals surface area contributed by atoms with Gasteiger partial charge in [-0.25, -0.2) is 4.68 Å². The van der Waals surface area contributed by atoms with Crippen molar-refractivity contribution in [2.24, 2.45) is 0 Å². The topological polar surface area (TPSA) is 81.1 Å². The van der Waals surface area contributed by atoms with Gasteiger partial charge in [0, 0.05) is 16.9 Å². The molecule has 0 fully saturated rings. The number of aromatic nitrogens is 3. The van der Waals surface area contributed by atoms with Gasteiger partial charge in [-0.1, -0.05) is 66.2 Å². The minimum atomic E-state index is -0.503. The van der Waals surface area contributed by atoms with Crippen molar-refractivity contribution >= 4 is 17.5 Å². The molecule has 0 bridgehead atoms. The van der Waals surface area contributed by atoms with E-state index in [9.17, 15) is 4.79 Å². The van der Waals surface area contributed by atoms with Crippen LogP contribution in [0.1, 0.15) is 29.7 Å². The number of hydrogen-bond acceptors (Lipinski definition) is 5. The molecule has 3 aromatic carbocycles. The van der Waals surface area contributed by atoms with Crippen molar-refractivity contribution in [3.63, 3.8) is 0 Å². The first-order valence-electron chi connectivity index (χ1n) is 11.1. The molecule has 0 aliphatic carbocycles. The highest BCUT2D eigenvalue weighted by atomic mass is 16.5. The van der Waals surface area contributed by atoms with Crippen LogP contribution < -0.4 is 15.4 Å². The average molecular weight is 452 g/mol. The van der Waals surface area contributed by atoms with E-state index in [0.29, 0.717) is 29.6 Å².